The Morgan fingerprint density at radius 3 is 2.67 bits per heavy atom. The standard InChI is InChI=1S/C25H25ClN2O5/c26-21-13-16(25(30)31)12-20-18-2-1-3-19(18)23(27-24(20)21)15-4-6-17(7-5-15)33-14-22(29)28-8-10-32-11-9-28/h1-2,4-7,12-13,18-19,23,27H,3,8-11,14H2,(H,30,31)/t18-,19+,23+/m1/s1. The Kier molecular flexibility index (Phi) is 6.00. The van der Waals surface area contributed by atoms with E-state index in [0.717, 1.165) is 23.2 Å². The summed E-state index contributed by atoms with van der Waals surface area (Å²) < 4.78 is 11.0. The molecule has 3 atom stereocenters. The summed E-state index contributed by atoms with van der Waals surface area (Å²) >= 11 is 6.48. The van der Waals surface area contributed by atoms with Crippen LogP contribution in [0.15, 0.2) is 48.6 Å². The fraction of sp³-hybridized carbons (Fsp3) is 0.360. The lowest BCUT2D eigenvalue weighted by atomic mass is 9.76. The number of fused-ring (bicyclic) bond motifs is 3. The van der Waals surface area contributed by atoms with Gasteiger partial charge in [-0.1, -0.05) is 35.9 Å². The molecule has 2 N–H and O–H groups in total. The van der Waals surface area contributed by atoms with E-state index >= 15 is 0 Å². The molecule has 3 aliphatic rings. The Morgan fingerprint density at radius 2 is 1.94 bits per heavy atom. The number of rotatable bonds is 5. The number of allylic oxidation sites excluding steroid dienone is 2. The van der Waals surface area contributed by atoms with Crippen LogP contribution in [0, 0.1) is 5.92 Å². The van der Waals surface area contributed by atoms with Gasteiger partial charge in [0.15, 0.2) is 6.61 Å². The average molecular weight is 469 g/mol. The molecule has 2 aliphatic heterocycles. The molecule has 2 aromatic rings. The third kappa shape index (κ3) is 4.30. The predicted octanol–water partition coefficient (Wildman–Crippen LogP) is 4.10. The van der Waals surface area contributed by atoms with Gasteiger partial charge in [0, 0.05) is 19.0 Å². The summed E-state index contributed by atoms with van der Waals surface area (Å²) in [7, 11) is 0. The summed E-state index contributed by atoms with van der Waals surface area (Å²) in [6, 6.07) is 11.0. The Balaban J connectivity index is 1.32. The molecule has 0 saturated carbocycles. The van der Waals surface area contributed by atoms with E-state index in [1.165, 1.54) is 6.07 Å². The van der Waals surface area contributed by atoms with E-state index in [2.05, 4.69) is 17.5 Å². The highest BCUT2D eigenvalue weighted by Crippen LogP contribution is 2.51. The number of halogens is 1. The van der Waals surface area contributed by atoms with Gasteiger partial charge in [-0.3, -0.25) is 4.79 Å². The number of carbonyl (C=O) groups is 2. The molecule has 0 spiro atoms. The molecular formula is C25H25ClN2O5. The number of carbonyl (C=O) groups excluding carboxylic acids is 1. The SMILES string of the molecule is O=C(O)c1cc(Cl)c2c(c1)[C@@H]1C=CC[C@@H]1[C@H](c1ccc(OCC(=O)N3CCOCC3)cc1)N2. The van der Waals surface area contributed by atoms with Crippen LogP contribution in [0.25, 0.3) is 0 Å². The highest BCUT2D eigenvalue weighted by atomic mass is 35.5. The number of anilines is 1. The second-order valence-electron chi connectivity index (χ2n) is 8.55. The summed E-state index contributed by atoms with van der Waals surface area (Å²) in [6.07, 6.45) is 5.19. The van der Waals surface area contributed by atoms with Crippen LogP contribution in [0.3, 0.4) is 0 Å². The minimum Gasteiger partial charge on any atom is -0.484 e. The molecule has 2 heterocycles. The first kappa shape index (κ1) is 21.8. The van der Waals surface area contributed by atoms with Crippen molar-refractivity contribution in [2.75, 3.05) is 38.2 Å². The minimum atomic E-state index is -0.983. The van der Waals surface area contributed by atoms with Gasteiger partial charge in [0.2, 0.25) is 0 Å². The van der Waals surface area contributed by atoms with Crippen molar-refractivity contribution >= 4 is 29.2 Å². The maximum atomic E-state index is 12.3. The molecule has 172 valence electrons. The van der Waals surface area contributed by atoms with Crippen LogP contribution >= 0.6 is 11.6 Å². The van der Waals surface area contributed by atoms with E-state index in [1.807, 2.05) is 24.3 Å². The first-order chi connectivity index (χ1) is 16.0. The van der Waals surface area contributed by atoms with Crippen molar-refractivity contribution in [1.29, 1.82) is 0 Å². The Morgan fingerprint density at radius 1 is 1.18 bits per heavy atom. The van der Waals surface area contributed by atoms with Crippen LogP contribution in [0.2, 0.25) is 5.02 Å². The number of amides is 1. The van der Waals surface area contributed by atoms with E-state index < -0.39 is 5.97 Å². The summed E-state index contributed by atoms with van der Waals surface area (Å²) in [5.74, 6) is -0.0228. The molecule has 0 unspecified atom stereocenters. The van der Waals surface area contributed by atoms with Crippen LogP contribution in [-0.2, 0) is 9.53 Å². The number of ether oxygens (including phenoxy) is 2. The van der Waals surface area contributed by atoms with Crippen LogP contribution in [0.1, 0.15) is 39.9 Å². The lowest BCUT2D eigenvalue weighted by Gasteiger charge is -2.38. The molecule has 8 heteroatoms. The number of aromatic carboxylic acids is 1. The summed E-state index contributed by atoms with van der Waals surface area (Å²) in [6.45, 7) is 2.34. The number of nitrogens with one attached hydrogen (secondary N) is 1. The van der Waals surface area contributed by atoms with Gasteiger partial charge >= 0.3 is 5.97 Å². The van der Waals surface area contributed by atoms with Crippen molar-refractivity contribution in [2.45, 2.75) is 18.4 Å². The highest BCUT2D eigenvalue weighted by Gasteiger charge is 2.39. The van der Waals surface area contributed by atoms with Gasteiger partial charge in [0.1, 0.15) is 5.75 Å². The topological polar surface area (TPSA) is 88.1 Å². The second kappa shape index (κ2) is 9.08. The van der Waals surface area contributed by atoms with Gasteiger partial charge in [-0.05, 0) is 47.7 Å². The Bertz CT molecular complexity index is 1090. The smallest absolute Gasteiger partial charge is 0.335 e. The molecule has 1 saturated heterocycles. The van der Waals surface area contributed by atoms with Gasteiger partial charge in [0.05, 0.1) is 35.5 Å². The molecule has 1 amide bonds. The first-order valence-corrected chi connectivity index (χ1v) is 11.5. The molecule has 1 aliphatic carbocycles. The van der Waals surface area contributed by atoms with Crippen molar-refractivity contribution in [1.82, 2.24) is 4.90 Å². The van der Waals surface area contributed by atoms with Crippen molar-refractivity contribution in [3.8, 4) is 5.75 Å². The van der Waals surface area contributed by atoms with E-state index in [0.29, 0.717) is 37.1 Å². The molecule has 5 rings (SSSR count). The van der Waals surface area contributed by atoms with Gasteiger partial charge in [-0.15, -0.1) is 0 Å². The maximum absolute atomic E-state index is 12.3. The number of hydrogen-bond acceptors (Lipinski definition) is 5. The Hall–Kier alpha value is -3.03. The molecule has 1 fully saturated rings. The van der Waals surface area contributed by atoms with E-state index in [1.54, 1.807) is 11.0 Å². The van der Waals surface area contributed by atoms with Gasteiger partial charge in [0.25, 0.3) is 5.91 Å². The molecule has 0 aromatic heterocycles. The highest BCUT2D eigenvalue weighted by molar-refractivity contribution is 6.33. The third-order valence-corrected chi connectivity index (χ3v) is 6.93. The number of nitrogens with zero attached hydrogens (tertiary/aromatic N) is 1. The van der Waals surface area contributed by atoms with Crippen molar-refractivity contribution in [3.05, 3.63) is 70.3 Å². The normalized spacial score (nSPS) is 23.4. The summed E-state index contributed by atoms with van der Waals surface area (Å²) in [4.78, 5) is 25.6. The average Bonchev–Trinajstić information content (AvgIpc) is 3.33. The first-order valence-electron chi connectivity index (χ1n) is 11.1. The number of morpholine rings is 1. The summed E-state index contributed by atoms with van der Waals surface area (Å²) in [5.41, 5.74) is 3.00. The lowest BCUT2D eigenvalue weighted by molar-refractivity contribution is -0.137. The Labute approximate surface area is 196 Å². The zero-order valence-corrected chi connectivity index (χ0v) is 18.8. The second-order valence-corrected chi connectivity index (χ2v) is 8.96. The van der Waals surface area contributed by atoms with Gasteiger partial charge in [-0.2, -0.15) is 0 Å². The van der Waals surface area contributed by atoms with Crippen LogP contribution < -0.4 is 10.1 Å². The lowest BCUT2D eigenvalue weighted by Crippen LogP contribution is -2.42. The molecule has 2 aromatic carbocycles. The monoisotopic (exact) mass is 468 g/mol. The molecule has 7 nitrogen and oxygen atoms in total. The zero-order chi connectivity index (χ0) is 22.9. The van der Waals surface area contributed by atoms with Crippen LogP contribution in [0.4, 0.5) is 5.69 Å². The number of carboxylic acid groups (broad SMARTS) is 1. The molecule has 0 radical (unpaired) electrons. The fourth-order valence-electron chi connectivity index (χ4n) is 4.93. The molecule has 33 heavy (non-hydrogen) atoms. The maximum Gasteiger partial charge on any atom is 0.335 e. The van der Waals surface area contributed by atoms with Gasteiger partial charge in [-0.25, -0.2) is 4.79 Å². The third-order valence-electron chi connectivity index (χ3n) is 6.63. The van der Waals surface area contributed by atoms with E-state index in [-0.39, 0.29) is 36.0 Å². The minimum absolute atomic E-state index is 0.00450. The van der Waals surface area contributed by atoms with Gasteiger partial charge < -0.3 is 24.8 Å². The number of benzene rings is 2. The number of hydrogen-bond donors (Lipinski definition) is 2. The largest absolute Gasteiger partial charge is 0.484 e. The van der Waals surface area contributed by atoms with Crippen molar-refractivity contribution in [3.63, 3.8) is 0 Å². The van der Waals surface area contributed by atoms with Crippen LogP contribution in [0.5, 0.6) is 5.75 Å². The summed E-state index contributed by atoms with van der Waals surface area (Å²) in [5, 5.41) is 13.4. The predicted molar refractivity (Wildman–Crippen MR) is 124 cm³/mol. The number of carboxylic acids is 1. The molecule has 0 bridgehead atoms. The molecular weight excluding hydrogens is 444 g/mol. The van der Waals surface area contributed by atoms with Crippen LogP contribution in [-0.4, -0.2) is 54.8 Å². The van der Waals surface area contributed by atoms with Crippen molar-refractivity contribution in [2.24, 2.45) is 5.92 Å². The quantitative estimate of drug-likeness (QED) is 0.642. The zero-order valence-electron chi connectivity index (χ0n) is 18.0. The fourth-order valence-corrected chi connectivity index (χ4v) is 5.21. The van der Waals surface area contributed by atoms with Crippen molar-refractivity contribution < 1.29 is 24.2 Å². The van der Waals surface area contributed by atoms with E-state index in [4.69, 9.17) is 21.1 Å². The van der Waals surface area contributed by atoms with E-state index in [9.17, 15) is 14.7 Å².